The van der Waals surface area contributed by atoms with Crippen LogP contribution in [0.1, 0.15) is 99.3 Å². The summed E-state index contributed by atoms with van der Waals surface area (Å²) in [7, 11) is 0. The molecular weight excluding hydrogens is 466 g/mol. The van der Waals surface area contributed by atoms with Crippen LogP contribution in [0.4, 0.5) is 0 Å². The summed E-state index contributed by atoms with van der Waals surface area (Å²) in [5.41, 5.74) is 1.45. The number of allylic oxidation sites excluding steroid dienone is 1. The minimum atomic E-state index is -0.253. The minimum Gasteiger partial charge on any atom is -0.462 e. The Labute approximate surface area is 222 Å². The molecule has 4 aliphatic carbocycles. The van der Waals surface area contributed by atoms with Crippen LogP contribution in [0.2, 0.25) is 0 Å². The largest absolute Gasteiger partial charge is 0.462 e. The number of Topliss-reactive ketones (excluding diaryl/α,β-unsaturated/α-hetero) is 2. The quantitative estimate of drug-likeness (QED) is 0.345. The summed E-state index contributed by atoms with van der Waals surface area (Å²) in [6.07, 6.45) is 10.1. The highest BCUT2D eigenvalue weighted by atomic mass is 16.5. The van der Waals surface area contributed by atoms with E-state index in [1.807, 2.05) is 6.92 Å². The first-order valence-corrected chi connectivity index (χ1v) is 14.5. The molecule has 9 atom stereocenters. The summed E-state index contributed by atoms with van der Waals surface area (Å²) in [5, 5.41) is 2.83. The van der Waals surface area contributed by atoms with Gasteiger partial charge in [0.2, 0.25) is 5.91 Å². The molecule has 0 aromatic heterocycles. The van der Waals surface area contributed by atoms with Crippen LogP contribution < -0.4 is 5.32 Å². The van der Waals surface area contributed by atoms with E-state index in [2.05, 4.69) is 32.2 Å². The summed E-state index contributed by atoms with van der Waals surface area (Å²) in [6, 6.07) is 0. The van der Waals surface area contributed by atoms with Gasteiger partial charge in [0.1, 0.15) is 17.7 Å². The number of esters is 1. The SMILES string of the molecule is CC(=O)NC[C@@H](C)CCC(=O)[C@H](C)[C@@H]1C(=O)C[C@H]2[C@H]3CC=C4C[C@@H](OC(C)=O)CC[C@]4(C)[C@@H]3CC[C@@]21C. The Bertz CT molecular complexity index is 971. The van der Waals surface area contributed by atoms with Crippen LogP contribution >= 0.6 is 0 Å². The second kappa shape index (κ2) is 10.6. The minimum absolute atomic E-state index is 0.00695. The maximum Gasteiger partial charge on any atom is 0.302 e. The van der Waals surface area contributed by atoms with E-state index in [0.29, 0.717) is 42.9 Å². The molecule has 3 fully saturated rings. The molecule has 1 amide bonds. The van der Waals surface area contributed by atoms with Gasteiger partial charge >= 0.3 is 5.97 Å². The predicted molar refractivity (Wildman–Crippen MR) is 142 cm³/mol. The van der Waals surface area contributed by atoms with Crippen molar-refractivity contribution in [2.45, 2.75) is 105 Å². The van der Waals surface area contributed by atoms with Gasteiger partial charge in [-0.1, -0.05) is 39.3 Å². The third-order valence-electron chi connectivity index (χ3n) is 10.9. The van der Waals surface area contributed by atoms with Crippen LogP contribution in [0.25, 0.3) is 0 Å². The van der Waals surface area contributed by atoms with Crippen molar-refractivity contribution in [1.29, 1.82) is 0 Å². The number of carbonyl (C=O) groups is 4. The van der Waals surface area contributed by atoms with E-state index in [9.17, 15) is 19.2 Å². The standard InChI is InChI=1S/C31H47NO5/c1-18(17-32-20(3)33)7-10-27(35)19(2)29-28(36)16-26-24-9-8-22-15-23(37-21(4)34)11-13-30(22,5)25(24)12-14-31(26,29)6/h8,18-19,23-26,29H,7,9-17H2,1-6H3,(H,32,33)/t18-,19-,23-,24-,25+,26-,29+,30-,31-/m0/s1. The van der Waals surface area contributed by atoms with Gasteiger partial charge < -0.3 is 10.1 Å². The van der Waals surface area contributed by atoms with E-state index >= 15 is 0 Å². The number of fused-ring (bicyclic) bond motifs is 5. The third kappa shape index (κ3) is 5.31. The topological polar surface area (TPSA) is 89.5 Å². The molecule has 6 nitrogen and oxygen atoms in total. The Morgan fingerprint density at radius 3 is 2.49 bits per heavy atom. The zero-order valence-electron chi connectivity index (χ0n) is 23.7. The number of hydrogen-bond donors (Lipinski definition) is 1. The van der Waals surface area contributed by atoms with Crippen molar-refractivity contribution >= 4 is 23.4 Å². The molecule has 0 radical (unpaired) electrons. The van der Waals surface area contributed by atoms with E-state index in [4.69, 9.17) is 4.74 Å². The lowest BCUT2D eigenvalue weighted by atomic mass is 9.47. The van der Waals surface area contributed by atoms with Crippen LogP contribution in [-0.2, 0) is 23.9 Å². The van der Waals surface area contributed by atoms with Crippen LogP contribution in [0.3, 0.4) is 0 Å². The maximum absolute atomic E-state index is 13.5. The Morgan fingerprint density at radius 1 is 1.08 bits per heavy atom. The highest BCUT2D eigenvalue weighted by Gasteiger charge is 2.62. The van der Waals surface area contributed by atoms with Crippen molar-refractivity contribution in [3.8, 4) is 0 Å². The number of ether oxygens (including phenoxy) is 1. The molecule has 1 N–H and O–H groups in total. The van der Waals surface area contributed by atoms with Crippen molar-refractivity contribution in [1.82, 2.24) is 5.32 Å². The molecule has 3 saturated carbocycles. The van der Waals surface area contributed by atoms with E-state index in [-0.39, 0.29) is 52.3 Å². The molecule has 37 heavy (non-hydrogen) atoms. The first-order chi connectivity index (χ1) is 17.4. The van der Waals surface area contributed by atoms with Crippen molar-refractivity contribution < 1.29 is 23.9 Å². The fourth-order valence-corrected chi connectivity index (χ4v) is 8.86. The molecule has 0 unspecified atom stereocenters. The Kier molecular flexibility index (Phi) is 8.07. The number of nitrogens with one attached hydrogen (secondary N) is 1. The van der Waals surface area contributed by atoms with E-state index in [1.54, 1.807) is 0 Å². The van der Waals surface area contributed by atoms with Crippen molar-refractivity contribution in [2.75, 3.05) is 6.54 Å². The number of ketones is 2. The van der Waals surface area contributed by atoms with E-state index < -0.39 is 0 Å². The fraction of sp³-hybridized carbons (Fsp3) is 0.806. The fourth-order valence-electron chi connectivity index (χ4n) is 8.86. The van der Waals surface area contributed by atoms with Crippen molar-refractivity contribution in [3.63, 3.8) is 0 Å². The summed E-state index contributed by atoms with van der Waals surface area (Å²) < 4.78 is 5.57. The van der Waals surface area contributed by atoms with Crippen LogP contribution in [0, 0.1) is 46.3 Å². The van der Waals surface area contributed by atoms with E-state index in [0.717, 1.165) is 44.9 Å². The molecule has 0 heterocycles. The number of amides is 1. The first kappa shape index (κ1) is 28.0. The molecule has 4 aliphatic rings. The zero-order chi connectivity index (χ0) is 27.1. The number of rotatable bonds is 8. The molecule has 206 valence electrons. The van der Waals surface area contributed by atoms with E-state index in [1.165, 1.54) is 19.4 Å². The Hall–Kier alpha value is -1.98. The second-order valence-corrected chi connectivity index (χ2v) is 13.3. The predicted octanol–water partition coefficient (Wildman–Crippen LogP) is 5.43. The molecule has 0 spiro atoms. The second-order valence-electron chi connectivity index (χ2n) is 13.3. The van der Waals surface area contributed by atoms with Gasteiger partial charge in [-0.15, -0.1) is 0 Å². The van der Waals surface area contributed by atoms with Crippen LogP contribution in [0.5, 0.6) is 0 Å². The zero-order valence-corrected chi connectivity index (χ0v) is 23.7. The van der Waals surface area contributed by atoms with Gasteiger partial charge in [-0.05, 0) is 73.0 Å². The van der Waals surface area contributed by atoms with Gasteiger partial charge in [0, 0.05) is 51.5 Å². The highest BCUT2D eigenvalue weighted by molar-refractivity contribution is 5.92. The lowest BCUT2D eigenvalue weighted by molar-refractivity contribution is -0.148. The summed E-state index contributed by atoms with van der Waals surface area (Å²) in [6.45, 7) is 12.3. The van der Waals surface area contributed by atoms with Crippen LogP contribution in [0.15, 0.2) is 11.6 Å². The van der Waals surface area contributed by atoms with Gasteiger partial charge in [-0.2, -0.15) is 0 Å². The first-order valence-electron chi connectivity index (χ1n) is 14.5. The summed E-state index contributed by atoms with van der Waals surface area (Å²) in [4.78, 5) is 49.5. The maximum atomic E-state index is 13.5. The van der Waals surface area contributed by atoms with Gasteiger partial charge in [0.05, 0.1) is 0 Å². The third-order valence-corrected chi connectivity index (χ3v) is 10.9. The average Bonchev–Trinajstić information content (AvgIpc) is 3.10. The Morgan fingerprint density at radius 2 is 1.81 bits per heavy atom. The molecule has 0 saturated heterocycles. The Balaban J connectivity index is 1.45. The van der Waals surface area contributed by atoms with Gasteiger partial charge in [-0.3, -0.25) is 19.2 Å². The van der Waals surface area contributed by atoms with Crippen LogP contribution in [-0.4, -0.2) is 36.1 Å². The highest BCUT2D eigenvalue weighted by Crippen LogP contribution is 2.66. The number of hydrogen-bond acceptors (Lipinski definition) is 5. The summed E-state index contributed by atoms with van der Waals surface area (Å²) >= 11 is 0. The van der Waals surface area contributed by atoms with Crippen molar-refractivity contribution in [3.05, 3.63) is 11.6 Å². The molecule has 4 rings (SSSR count). The number of carbonyl (C=O) groups excluding carboxylic acids is 4. The lowest BCUT2D eigenvalue weighted by Crippen LogP contribution is -2.51. The van der Waals surface area contributed by atoms with Gasteiger partial charge in [0.15, 0.2) is 0 Å². The average molecular weight is 514 g/mol. The molecule has 0 bridgehead atoms. The van der Waals surface area contributed by atoms with Gasteiger partial charge in [0.25, 0.3) is 0 Å². The van der Waals surface area contributed by atoms with Gasteiger partial charge in [-0.25, -0.2) is 0 Å². The van der Waals surface area contributed by atoms with Crippen molar-refractivity contribution in [2.24, 2.45) is 46.3 Å². The summed E-state index contributed by atoms with van der Waals surface area (Å²) in [5.74, 6) is 1.40. The normalized spacial score (nSPS) is 38.4. The molecule has 0 aliphatic heterocycles. The lowest BCUT2D eigenvalue weighted by Gasteiger charge is -2.58. The molecule has 0 aromatic carbocycles. The smallest absolute Gasteiger partial charge is 0.302 e. The molecule has 0 aromatic rings. The monoisotopic (exact) mass is 513 g/mol. The molecule has 6 heteroatoms. The molecular formula is C31H47NO5.